The van der Waals surface area contributed by atoms with E-state index in [-0.39, 0.29) is 12.2 Å². The van der Waals surface area contributed by atoms with Crippen LogP contribution in [0.1, 0.15) is 25.3 Å². The Bertz CT molecular complexity index is 393. The molecule has 18 heavy (non-hydrogen) atoms. The fraction of sp³-hybridized carbons (Fsp3) is 0.500. The van der Waals surface area contributed by atoms with Crippen LogP contribution in [0.25, 0.3) is 0 Å². The molecule has 1 fully saturated rings. The normalized spacial score (nSPS) is 24.9. The lowest BCUT2D eigenvalue weighted by atomic mass is 10.1. The summed E-state index contributed by atoms with van der Waals surface area (Å²) in [6.07, 6.45) is 1.68. The first-order valence-corrected chi connectivity index (χ1v) is 6.32. The number of hydrogen-bond donors (Lipinski definition) is 2. The Morgan fingerprint density at radius 1 is 1.44 bits per heavy atom. The molecule has 1 aliphatic rings. The molecule has 0 saturated carbocycles. The summed E-state index contributed by atoms with van der Waals surface area (Å²) in [4.78, 5) is 11.3. The number of hydrogen-bond acceptors (Lipinski definition) is 3. The number of benzene rings is 1. The second-order valence-electron chi connectivity index (χ2n) is 4.74. The van der Waals surface area contributed by atoms with Crippen molar-refractivity contribution in [2.45, 2.75) is 44.6 Å². The largest absolute Gasteiger partial charge is 0.480 e. The van der Waals surface area contributed by atoms with Crippen molar-refractivity contribution in [3.8, 4) is 0 Å². The highest BCUT2D eigenvalue weighted by molar-refractivity contribution is 5.74. The highest BCUT2D eigenvalue weighted by atomic mass is 16.5. The molecule has 1 aromatic carbocycles. The van der Waals surface area contributed by atoms with Gasteiger partial charge < -0.3 is 9.84 Å². The summed E-state index contributed by atoms with van der Waals surface area (Å²) in [7, 11) is 0. The number of carboxylic acid groups (broad SMARTS) is 1. The second-order valence-corrected chi connectivity index (χ2v) is 4.74. The third-order valence-electron chi connectivity index (χ3n) is 3.27. The number of ether oxygens (including phenoxy) is 1. The van der Waals surface area contributed by atoms with Gasteiger partial charge in [-0.05, 0) is 25.3 Å². The van der Waals surface area contributed by atoms with Crippen molar-refractivity contribution in [1.82, 2.24) is 5.32 Å². The van der Waals surface area contributed by atoms with E-state index >= 15 is 0 Å². The number of carbonyl (C=O) groups is 1. The van der Waals surface area contributed by atoms with Gasteiger partial charge in [0.15, 0.2) is 0 Å². The van der Waals surface area contributed by atoms with E-state index in [1.165, 1.54) is 0 Å². The zero-order valence-electron chi connectivity index (χ0n) is 10.5. The predicted octanol–water partition coefficient (Wildman–Crippen LogP) is 1.80. The molecule has 4 heteroatoms. The van der Waals surface area contributed by atoms with Gasteiger partial charge in [0.25, 0.3) is 0 Å². The smallest absolute Gasteiger partial charge is 0.323 e. The Kier molecular flexibility index (Phi) is 4.33. The van der Waals surface area contributed by atoms with Crippen LogP contribution < -0.4 is 5.32 Å². The van der Waals surface area contributed by atoms with Crippen molar-refractivity contribution in [1.29, 1.82) is 0 Å². The molecule has 3 unspecified atom stereocenters. The molecule has 2 rings (SSSR count). The van der Waals surface area contributed by atoms with Crippen molar-refractivity contribution in [3.05, 3.63) is 35.9 Å². The number of aliphatic carboxylic acids is 1. The maximum atomic E-state index is 11.3. The molecule has 0 radical (unpaired) electrons. The van der Waals surface area contributed by atoms with E-state index in [4.69, 9.17) is 4.74 Å². The van der Waals surface area contributed by atoms with Crippen LogP contribution in [0.4, 0.5) is 0 Å². The Balaban J connectivity index is 1.93. The van der Waals surface area contributed by atoms with E-state index in [0.29, 0.717) is 6.54 Å². The van der Waals surface area contributed by atoms with Gasteiger partial charge in [-0.3, -0.25) is 10.1 Å². The van der Waals surface area contributed by atoms with E-state index < -0.39 is 12.0 Å². The third kappa shape index (κ3) is 3.31. The number of nitrogens with one attached hydrogen (secondary N) is 1. The molecule has 1 saturated heterocycles. The fourth-order valence-electron chi connectivity index (χ4n) is 2.28. The van der Waals surface area contributed by atoms with Crippen molar-refractivity contribution < 1.29 is 14.6 Å². The van der Waals surface area contributed by atoms with Gasteiger partial charge in [-0.2, -0.15) is 0 Å². The summed E-state index contributed by atoms with van der Waals surface area (Å²) in [5.74, 6) is -0.843. The summed E-state index contributed by atoms with van der Waals surface area (Å²) in [6, 6.07) is 9.16. The third-order valence-corrected chi connectivity index (χ3v) is 3.27. The predicted molar refractivity (Wildman–Crippen MR) is 68.3 cm³/mol. The zero-order chi connectivity index (χ0) is 13.0. The highest BCUT2D eigenvalue weighted by Gasteiger charge is 2.33. The maximum Gasteiger partial charge on any atom is 0.323 e. The van der Waals surface area contributed by atoms with Crippen molar-refractivity contribution in [2.75, 3.05) is 0 Å². The molecule has 0 amide bonds. The lowest BCUT2D eigenvalue weighted by molar-refractivity contribution is -0.143. The van der Waals surface area contributed by atoms with Gasteiger partial charge in [0.2, 0.25) is 0 Å². The molecule has 0 aliphatic carbocycles. The van der Waals surface area contributed by atoms with Gasteiger partial charge >= 0.3 is 5.97 Å². The molecule has 1 heterocycles. The molecule has 0 spiro atoms. The monoisotopic (exact) mass is 249 g/mol. The van der Waals surface area contributed by atoms with E-state index in [1.807, 2.05) is 37.3 Å². The molecule has 3 atom stereocenters. The Morgan fingerprint density at radius 3 is 2.72 bits per heavy atom. The van der Waals surface area contributed by atoms with Crippen LogP contribution in [0, 0.1) is 0 Å². The Labute approximate surface area is 107 Å². The molecule has 2 N–H and O–H groups in total. The quantitative estimate of drug-likeness (QED) is 0.835. The Hall–Kier alpha value is -1.39. The molecule has 0 aromatic heterocycles. The first kappa shape index (κ1) is 13.1. The topological polar surface area (TPSA) is 58.6 Å². The molecular weight excluding hydrogens is 230 g/mol. The van der Waals surface area contributed by atoms with E-state index in [9.17, 15) is 9.90 Å². The molecular formula is C14H19NO3. The standard InChI is InChI=1S/C14H19NO3/c1-10-7-8-12(18-10)13(14(16)17)15-9-11-5-3-2-4-6-11/h2-6,10,12-13,15H,7-9H2,1H3,(H,16,17). The van der Waals surface area contributed by atoms with Gasteiger partial charge in [0.1, 0.15) is 6.04 Å². The van der Waals surface area contributed by atoms with Gasteiger partial charge in [-0.15, -0.1) is 0 Å². The summed E-state index contributed by atoms with van der Waals surface area (Å²) < 4.78 is 5.63. The first-order chi connectivity index (χ1) is 8.66. The van der Waals surface area contributed by atoms with Crippen LogP contribution in [-0.2, 0) is 16.1 Å². The van der Waals surface area contributed by atoms with E-state index in [0.717, 1.165) is 18.4 Å². The minimum absolute atomic E-state index is 0.162. The molecule has 4 nitrogen and oxygen atoms in total. The van der Waals surface area contributed by atoms with Gasteiger partial charge in [-0.25, -0.2) is 0 Å². The van der Waals surface area contributed by atoms with Crippen LogP contribution in [0.5, 0.6) is 0 Å². The SMILES string of the molecule is CC1CCC(C(NCc2ccccc2)C(=O)O)O1. The Morgan fingerprint density at radius 2 is 2.17 bits per heavy atom. The zero-order valence-corrected chi connectivity index (χ0v) is 10.5. The number of rotatable bonds is 5. The van der Waals surface area contributed by atoms with Gasteiger partial charge in [-0.1, -0.05) is 30.3 Å². The lowest BCUT2D eigenvalue weighted by Crippen LogP contribution is -2.45. The minimum atomic E-state index is -0.843. The summed E-state index contributed by atoms with van der Waals surface area (Å²) in [6.45, 7) is 2.53. The molecule has 0 bridgehead atoms. The van der Waals surface area contributed by atoms with Gasteiger partial charge in [0.05, 0.1) is 12.2 Å². The summed E-state index contributed by atoms with van der Waals surface area (Å²) >= 11 is 0. The fourth-order valence-corrected chi connectivity index (χ4v) is 2.28. The van der Waals surface area contributed by atoms with Crippen LogP contribution in [0.15, 0.2) is 30.3 Å². The summed E-state index contributed by atoms with van der Waals surface area (Å²) in [5.41, 5.74) is 1.08. The number of carboxylic acids is 1. The molecule has 1 aromatic rings. The minimum Gasteiger partial charge on any atom is -0.480 e. The highest BCUT2D eigenvalue weighted by Crippen LogP contribution is 2.22. The van der Waals surface area contributed by atoms with Crippen LogP contribution in [0.3, 0.4) is 0 Å². The maximum absolute atomic E-state index is 11.3. The summed E-state index contributed by atoms with van der Waals surface area (Å²) in [5, 5.41) is 12.3. The first-order valence-electron chi connectivity index (χ1n) is 6.32. The van der Waals surface area contributed by atoms with Crippen LogP contribution in [0.2, 0.25) is 0 Å². The average Bonchev–Trinajstić information content (AvgIpc) is 2.77. The second kappa shape index (κ2) is 5.98. The van der Waals surface area contributed by atoms with Crippen LogP contribution >= 0.6 is 0 Å². The van der Waals surface area contributed by atoms with E-state index in [1.54, 1.807) is 0 Å². The molecule has 98 valence electrons. The van der Waals surface area contributed by atoms with Crippen LogP contribution in [-0.4, -0.2) is 29.3 Å². The van der Waals surface area contributed by atoms with Crippen molar-refractivity contribution in [3.63, 3.8) is 0 Å². The van der Waals surface area contributed by atoms with Crippen molar-refractivity contribution >= 4 is 5.97 Å². The van der Waals surface area contributed by atoms with E-state index in [2.05, 4.69) is 5.32 Å². The molecule has 1 aliphatic heterocycles. The lowest BCUT2D eigenvalue weighted by Gasteiger charge is -2.21. The van der Waals surface area contributed by atoms with Gasteiger partial charge in [0, 0.05) is 6.54 Å². The average molecular weight is 249 g/mol. The van der Waals surface area contributed by atoms with Crippen molar-refractivity contribution in [2.24, 2.45) is 0 Å².